The van der Waals surface area contributed by atoms with Crippen molar-refractivity contribution in [2.24, 2.45) is 0 Å². The average molecular weight is 383 g/mol. The van der Waals surface area contributed by atoms with E-state index < -0.39 is 17.8 Å². The highest BCUT2D eigenvalue weighted by atomic mass is 32.2. The van der Waals surface area contributed by atoms with Crippen LogP contribution in [0.5, 0.6) is 11.5 Å². The Hall–Kier alpha value is -2.35. The summed E-state index contributed by atoms with van der Waals surface area (Å²) < 4.78 is 48.5. The first-order chi connectivity index (χ1) is 12.4. The van der Waals surface area contributed by atoms with Gasteiger partial charge in [0.25, 0.3) is 5.91 Å². The molecule has 0 radical (unpaired) electrons. The first kappa shape index (κ1) is 18.4. The van der Waals surface area contributed by atoms with Gasteiger partial charge in [-0.15, -0.1) is 11.8 Å². The van der Waals surface area contributed by atoms with Gasteiger partial charge in [-0.1, -0.05) is 12.1 Å². The van der Waals surface area contributed by atoms with Crippen LogP contribution in [0.2, 0.25) is 0 Å². The first-order valence-corrected chi connectivity index (χ1v) is 8.88. The van der Waals surface area contributed by atoms with Gasteiger partial charge in [0.2, 0.25) is 0 Å². The van der Waals surface area contributed by atoms with Crippen molar-refractivity contribution in [3.8, 4) is 11.5 Å². The standard InChI is InChI=1S/C18H16F3NO3S/c19-18(20,21)12-5-7-13(8-6-12)24-10-9-22-17(23)15-11-26-16-4-2-1-3-14(16)25-15/h1-8,15H,9-11H2,(H,22,23)/t15-/m0/s1. The molecule has 0 bridgehead atoms. The maximum atomic E-state index is 12.5. The Bertz CT molecular complexity index is 765. The van der Waals surface area contributed by atoms with Crippen LogP contribution in [-0.2, 0) is 11.0 Å². The van der Waals surface area contributed by atoms with Gasteiger partial charge >= 0.3 is 6.18 Å². The predicted molar refractivity (Wildman–Crippen MR) is 91.5 cm³/mol. The summed E-state index contributed by atoms with van der Waals surface area (Å²) in [6.45, 7) is 0.375. The Morgan fingerprint density at radius 3 is 2.65 bits per heavy atom. The van der Waals surface area contributed by atoms with E-state index in [1.165, 1.54) is 12.1 Å². The van der Waals surface area contributed by atoms with Crippen LogP contribution in [0.1, 0.15) is 5.56 Å². The highest BCUT2D eigenvalue weighted by Crippen LogP contribution is 2.35. The number of benzene rings is 2. The van der Waals surface area contributed by atoms with Crippen molar-refractivity contribution in [1.29, 1.82) is 0 Å². The SMILES string of the molecule is O=C(NCCOc1ccc(C(F)(F)F)cc1)[C@@H]1CSc2ccccc2O1. The van der Waals surface area contributed by atoms with Gasteiger partial charge in [-0.2, -0.15) is 13.2 Å². The van der Waals surface area contributed by atoms with E-state index in [4.69, 9.17) is 9.47 Å². The summed E-state index contributed by atoms with van der Waals surface area (Å²) in [4.78, 5) is 13.1. The van der Waals surface area contributed by atoms with Crippen molar-refractivity contribution in [2.45, 2.75) is 17.2 Å². The summed E-state index contributed by atoms with van der Waals surface area (Å²) in [5.41, 5.74) is -0.731. The molecule has 2 aromatic rings. The maximum absolute atomic E-state index is 12.5. The minimum absolute atomic E-state index is 0.146. The largest absolute Gasteiger partial charge is 0.492 e. The van der Waals surface area contributed by atoms with Crippen LogP contribution in [0, 0.1) is 0 Å². The van der Waals surface area contributed by atoms with Gasteiger partial charge in [0.15, 0.2) is 6.10 Å². The summed E-state index contributed by atoms with van der Waals surface area (Å²) in [5, 5.41) is 2.71. The Morgan fingerprint density at radius 1 is 1.19 bits per heavy atom. The number of hydrogen-bond acceptors (Lipinski definition) is 4. The second-order valence-corrected chi connectivity index (χ2v) is 6.59. The van der Waals surface area contributed by atoms with Crippen LogP contribution in [0.4, 0.5) is 13.2 Å². The third-order valence-electron chi connectivity index (χ3n) is 3.65. The van der Waals surface area contributed by atoms with Gasteiger partial charge < -0.3 is 14.8 Å². The van der Waals surface area contributed by atoms with Gasteiger partial charge in [-0.05, 0) is 36.4 Å². The summed E-state index contributed by atoms with van der Waals surface area (Å²) >= 11 is 1.56. The number of amides is 1. The number of thioether (sulfide) groups is 1. The van der Waals surface area contributed by atoms with E-state index in [2.05, 4.69) is 5.32 Å². The maximum Gasteiger partial charge on any atom is 0.416 e. The summed E-state index contributed by atoms with van der Waals surface area (Å²) in [6, 6.07) is 11.9. The molecule has 0 aliphatic carbocycles. The number of ether oxygens (including phenoxy) is 2. The molecule has 1 amide bonds. The molecule has 2 aromatic carbocycles. The average Bonchev–Trinajstić information content (AvgIpc) is 2.64. The molecule has 0 saturated heterocycles. The summed E-state index contributed by atoms with van der Waals surface area (Å²) in [6.07, 6.45) is -4.95. The highest BCUT2D eigenvalue weighted by molar-refractivity contribution is 7.99. The van der Waals surface area contributed by atoms with Gasteiger partial charge in [0.1, 0.15) is 18.1 Å². The number of carbonyl (C=O) groups is 1. The molecule has 0 saturated carbocycles. The van der Waals surface area contributed by atoms with E-state index >= 15 is 0 Å². The lowest BCUT2D eigenvalue weighted by atomic mass is 10.2. The molecule has 0 spiro atoms. The molecule has 26 heavy (non-hydrogen) atoms. The highest BCUT2D eigenvalue weighted by Gasteiger charge is 2.30. The molecular formula is C18H16F3NO3S. The second kappa shape index (κ2) is 7.90. The van der Waals surface area contributed by atoms with Crippen LogP contribution in [0.3, 0.4) is 0 Å². The number of halogens is 3. The predicted octanol–water partition coefficient (Wildman–Crippen LogP) is 3.75. The lowest BCUT2D eigenvalue weighted by Crippen LogP contribution is -2.42. The molecule has 4 nitrogen and oxygen atoms in total. The number of carbonyl (C=O) groups excluding carboxylic acids is 1. The van der Waals surface area contributed by atoms with Crippen LogP contribution in [0.25, 0.3) is 0 Å². The van der Waals surface area contributed by atoms with E-state index in [9.17, 15) is 18.0 Å². The number of hydrogen-bond donors (Lipinski definition) is 1. The number of fused-ring (bicyclic) bond motifs is 1. The molecule has 0 aromatic heterocycles. The van der Waals surface area contributed by atoms with E-state index in [0.717, 1.165) is 17.0 Å². The topological polar surface area (TPSA) is 47.6 Å². The third kappa shape index (κ3) is 4.63. The first-order valence-electron chi connectivity index (χ1n) is 7.90. The van der Waals surface area contributed by atoms with Gasteiger partial charge in [0.05, 0.1) is 12.1 Å². The zero-order valence-electron chi connectivity index (χ0n) is 13.6. The third-order valence-corrected chi connectivity index (χ3v) is 4.77. The summed E-state index contributed by atoms with van der Waals surface area (Å²) in [5.74, 6) is 1.27. The molecule has 1 heterocycles. The van der Waals surface area contributed by atoms with Crippen LogP contribution < -0.4 is 14.8 Å². The molecule has 3 rings (SSSR count). The number of para-hydroxylation sites is 1. The molecule has 0 unspecified atom stereocenters. The Balaban J connectivity index is 1.42. The zero-order chi connectivity index (χ0) is 18.6. The Morgan fingerprint density at radius 2 is 1.92 bits per heavy atom. The zero-order valence-corrected chi connectivity index (χ0v) is 14.4. The quantitative estimate of drug-likeness (QED) is 0.799. The second-order valence-electron chi connectivity index (χ2n) is 5.53. The van der Waals surface area contributed by atoms with Gasteiger partial charge in [0, 0.05) is 10.6 Å². The fraction of sp³-hybridized carbons (Fsp3) is 0.278. The summed E-state index contributed by atoms with van der Waals surface area (Å²) in [7, 11) is 0. The van der Waals surface area contributed by atoms with Crippen molar-refractivity contribution < 1.29 is 27.4 Å². The minimum Gasteiger partial charge on any atom is -0.492 e. The Labute approximate surface area is 152 Å². The molecule has 1 atom stereocenters. The van der Waals surface area contributed by atoms with Gasteiger partial charge in [-0.3, -0.25) is 4.79 Å². The van der Waals surface area contributed by atoms with E-state index in [1.807, 2.05) is 24.3 Å². The van der Waals surface area contributed by atoms with Crippen molar-refractivity contribution in [3.05, 3.63) is 54.1 Å². The van der Waals surface area contributed by atoms with Crippen LogP contribution >= 0.6 is 11.8 Å². The molecule has 1 aliphatic heterocycles. The Kier molecular flexibility index (Phi) is 5.61. The van der Waals surface area contributed by atoms with E-state index in [-0.39, 0.29) is 19.1 Å². The van der Waals surface area contributed by atoms with Crippen molar-refractivity contribution in [3.63, 3.8) is 0 Å². The van der Waals surface area contributed by atoms with Crippen molar-refractivity contribution in [1.82, 2.24) is 5.32 Å². The number of alkyl halides is 3. The van der Waals surface area contributed by atoms with Crippen molar-refractivity contribution in [2.75, 3.05) is 18.9 Å². The molecular weight excluding hydrogens is 367 g/mol. The van der Waals surface area contributed by atoms with Crippen molar-refractivity contribution >= 4 is 17.7 Å². The molecule has 138 valence electrons. The monoisotopic (exact) mass is 383 g/mol. The fourth-order valence-electron chi connectivity index (χ4n) is 2.35. The molecule has 1 N–H and O–H groups in total. The minimum atomic E-state index is -4.37. The van der Waals surface area contributed by atoms with E-state index in [1.54, 1.807) is 11.8 Å². The smallest absolute Gasteiger partial charge is 0.416 e. The van der Waals surface area contributed by atoms with Crippen LogP contribution in [0.15, 0.2) is 53.4 Å². The molecule has 1 aliphatic rings. The number of rotatable bonds is 5. The lowest BCUT2D eigenvalue weighted by molar-refractivity contribution is -0.137. The normalized spacial score (nSPS) is 16.3. The molecule has 8 heteroatoms. The van der Waals surface area contributed by atoms with E-state index in [0.29, 0.717) is 17.3 Å². The van der Waals surface area contributed by atoms with Gasteiger partial charge in [-0.25, -0.2) is 0 Å². The molecule has 0 fully saturated rings. The lowest BCUT2D eigenvalue weighted by Gasteiger charge is -2.24. The van der Waals surface area contributed by atoms with Crippen LogP contribution in [-0.4, -0.2) is 30.9 Å². The fourth-order valence-corrected chi connectivity index (χ4v) is 3.33. The number of nitrogens with one attached hydrogen (secondary N) is 1.